The van der Waals surface area contributed by atoms with E-state index in [9.17, 15) is 9.18 Å². The fourth-order valence-corrected chi connectivity index (χ4v) is 2.16. The van der Waals surface area contributed by atoms with Gasteiger partial charge in [-0.25, -0.2) is 9.07 Å². The summed E-state index contributed by atoms with van der Waals surface area (Å²) in [7, 11) is 0. The molecule has 116 valence electrons. The van der Waals surface area contributed by atoms with Crippen LogP contribution >= 0.6 is 0 Å². The fraction of sp³-hybridized carbons (Fsp3) is 0.125. The first-order valence-corrected chi connectivity index (χ1v) is 7.08. The number of benzene rings is 2. The third kappa shape index (κ3) is 3.76. The van der Waals surface area contributed by atoms with Crippen LogP contribution in [0.1, 0.15) is 15.9 Å². The summed E-state index contributed by atoms with van der Waals surface area (Å²) in [5.41, 5.74) is 2.16. The molecule has 1 N–H and O–H groups in total. The highest BCUT2D eigenvalue weighted by atomic mass is 19.1. The number of carbonyl (C=O) groups is 1. The Morgan fingerprint density at radius 3 is 2.70 bits per heavy atom. The van der Waals surface area contributed by atoms with Gasteiger partial charge in [0.05, 0.1) is 5.69 Å². The van der Waals surface area contributed by atoms with Gasteiger partial charge in [-0.1, -0.05) is 12.1 Å². The second kappa shape index (κ2) is 6.78. The average Bonchev–Trinajstić information content (AvgIpc) is 3.09. The van der Waals surface area contributed by atoms with E-state index in [1.807, 2.05) is 6.07 Å². The van der Waals surface area contributed by atoms with Crippen molar-refractivity contribution in [3.63, 3.8) is 0 Å². The SMILES string of the molecule is O=C(NCCc1cccc(F)c1)c1ccc(-n2cnnn2)cc1. The predicted molar refractivity (Wildman–Crippen MR) is 81.6 cm³/mol. The van der Waals surface area contributed by atoms with Gasteiger partial charge in [0.25, 0.3) is 5.91 Å². The third-order valence-corrected chi connectivity index (χ3v) is 3.33. The number of aromatic nitrogens is 4. The van der Waals surface area contributed by atoms with Crippen molar-refractivity contribution >= 4 is 5.91 Å². The Morgan fingerprint density at radius 1 is 1.17 bits per heavy atom. The molecule has 0 aliphatic rings. The second-order valence-corrected chi connectivity index (χ2v) is 4.94. The van der Waals surface area contributed by atoms with Crippen molar-refractivity contribution in [3.8, 4) is 5.69 Å². The number of amides is 1. The molecule has 0 unspecified atom stereocenters. The van der Waals surface area contributed by atoms with Crippen LogP contribution in [0, 0.1) is 5.82 Å². The minimum absolute atomic E-state index is 0.176. The van der Waals surface area contributed by atoms with E-state index >= 15 is 0 Å². The standard InChI is InChI=1S/C16H14FN5O/c17-14-3-1-2-12(10-14)8-9-18-16(23)13-4-6-15(7-5-13)22-11-19-20-21-22/h1-7,10-11H,8-9H2,(H,18,23). The molecule has 0 aliphatic heterocycles. The smallest absolute Gasteiger partial charge is 0.251 e. The number of tetrazole rings is 1. The first-order valence-electron chi connectivity index (χ1n) is 7.08. The van der Waals surface area contributed by atoms with Crippen molar-refractivity contribution in [1.82, 2.24) is 25.5 Å². The van der Waals surface area contributed by atoms with Gasteiger partial charge in [0.1, 0.15) is 12.1 Å². The highest BCUT2D eigenvalue weighted by Crippen LogP contribution is 2.08. The van der Waals surface area contributed by atoms with Crippen molar-refractivity contribution in [2.45, 2.75) is 6.42 Å². The lowest BCUT2D eigenvalue weighted by Gasteiger charge is -2.06. The molecule has 0 aliphatic carbocycles. The summed E-state index contributed by atoms with van der Waals surface area (Å²) in [6, 6.07) is 13.3. The Hall–Kier alpha value is -3.09. The van der Waals surface area contributed by atoms with Gasteiger partial charge in [0.2, 0.25) is 0 Å². The summed E-state index contributed by atoms with van der Waals surface area (Å²) in [4.78, 5) is 12.1. The molecule has 1 amide bonds. The van der Waals surface area contributed by atoms with Crippen molar-refractivity contribution < 1.29 is 9.18 Å². The molecule has 0 spiro atoms. The lowest BCUT2D eigenvalue weighted by molar-refractivity contribution is 0.0954. The van der Waals surface area contributed by atoms with E-state index in [0.717, 1.165) is 11.3 Å². The lowest BCUT2D eigenvalue weighted by atomic mass is 10.1. The van der Waals surface area contributed by atoms with Crippen LogP contribution in [0.15, 0.2) is 54.9 Å². The van der Waals surface area contributed by atoms with Crippen LogP contribution in [0.2, 0.25) is 0 Å². The van der Waals surface area contributed by atoms with Crippen molar-refractivity contribution in [3.05, 3.63) is 71.8 Å². The molecule has 6 nitrogen and oxygen atoms in total. The highest BCUT2D eigenvalue weighted by Gasteiger charge is 2.06. The first kappa shape index (κ1) is 14.8. The van der Waals surface area contributed by atoms with Crippen LogP contribution < -0.4 is 5.32 Å². The van der Waals surface area contributed by atoms with E-state index in [0.29, 0.717) is 18.5 Å². The molecule has 3 aromatic rings. The van der Waals surface area contributed by atoms with E-state index in [-0.39, 0.29) is 11.7 Å². The number of nitrogens with zero attached hydrogens (tertiary/aromatic N) is 4. The molecule has 0 saturated carbocycles. The van der Waals surface area contributed by atoms with Crippen LogP contribution in [0.25, 0.3) is 5.69 Å². The van der Waals surface area contributed by atoms with Crippen molar-refractivity contribution in [2.75, 3.05) is 6.54 Å². The Bertz CT molecular complexity index is 786. The van der Waals surface area contributed by atoms with Crippen LogP contribution in [-0.4, -0.2) is 32.7 Å². The van der Waals surface area contributed by atoms with E-state index in [4.69, 9.17) is 0 Å². The molecule has 1 heterocycles. The number of carbonyl (C=O) groups excluding carboxylic acids is 1. The molecule has 0 atom stereocenters. The number of hydrogen-bond donors (Lipinski definition) is 1. The minimum Gasteiger partial charge on any atom is -0.352 e. The maximum Gasteiger partial charge on any atom is 0.251 e. The molecule has 2 aromatic carbocycles. The Balaban J connectivity index is 1.56. The molecule has 23 heavy (non-hydrogen) atoms. The summed E-state index contributed by atoms with van der Waals surface area (Å²) in [6.45, 7) is 0.442. The first-order chi connectivity index (χ1) is 11.2. The zero-order valence-electron chi connectivity index (χ0n) is 12.2. The van der Waals surface area contributed by atoms with Crippen LogP contribution in [0.3, 0.4) is 0 Å². The van der Waals surface area contributed by atoms with Gasteiger partial charge in [0.15, 0.2) is 0 Å². The maximum atomic E-state index is 13.1. The summed E-state index contributed by atoms with van der Waals surface area (Å²) in [5, 5.41) is 13.7. The Kier molecular flexibility index (Phi) is 4.37. The zero-order valence-corrected chi connectivity index (χ0v) is 12.2. The molecule has 0 radical (unpaired) electrons. The summed E-state index contributed by atoms with van der Waals surface area (Å²) in [5.74, 6) is -0.448. The van der Waals surface area contributed by atoms with Gasteiger partial charge in [-0.15, -0.1) is 5.10 Å². The number of hydrogen-bond acceptors (Lipinski definition) is 4. The van der Waals surface area contributed by atoms with Crippen LogP contribution in [0.4, 0.5) is 4.39 Å². The second-order valence-electron chi connectivity index (χ2n) is 4.94. The summed E-state index contributed by atoms with van der Waals surface area (Å²) < 4.78 is 14.6. The molecule has 0 saturated heterocycles. The molecule has 0 fully saturated rings. The molecular weight excluding hydrogens is 297 g/mol. The van der Waals surface area contributed by atoms with Gasteiger partial charge < -0.3 is 5.32 Å². The van der Waals surface area contributed by atoms with Crippen molar-refractivity contribution in [1.29, 1.82) is 0 Å². The predicted octanol–water partition coefficient (Wildman–Crippen LogP) is 1.77. The van der Waals surface area contributed by atoms with Gasteiger partial charge >= 0.3 is 0 Å². The molecular formula is C16H14FN5O. The topological polar surface area (TPSA) is 72.7 Å². The fourth-order valence-electron chi connectivity index (χ4n) is 2.16. The summed E-state index contributed by atoms with van der Waals surface area (Å²) in [6.07, 6.45) is 2.06. The average molecular weight is 311 g/mol. The van der Waals surface area contributed by atoms with E-state index in [1.165, 1.54) is 23.1 Å². The highest BCUT2D eigenvalue weighted by molar-refractivity contribution is 5.94. The monoisotopic (exact) mass is 311 g/mol. The number of nitrogens with one attached hydrogen (secondary N) is 1. The molecule has 1 aromatic heterocycles. The third-order valence-electron chi connectivity index (χ3n) is 3.33. The largest absolute Gasteiger partial charge is 0.352 e. The quantitative estimate of drug-likeness (QED) is 0.779. The van der Waals surface area contributed by atoms with Gasteiger partial charge in [-0.05, 0) is 58.8 Å². The molecule has 0 bridgehead atoms. The number of rotatable bonds is 5. The van der Waals surface area contributed by atoms with Gasteiger partial charge in [-0.2, -0.15) is 0 Å². The maximum absolute atomic E-state index is 13.1. The Labute approximate surface area is 132 Å². The normalized spacial score (nSPS) is 10.5. The van der Waals surface area contributed by atoms with Crippen LogP contribution in [-0.2, 0) is 6.42 Å². The van der Waals surface area contributed by atoms with Gasteiger partial charge in [-0.3, -0.25) is 4.79 Å². The molecule has 3 rings (SSSR count). The van der Waals surface area contributed by atoms with E-state index < -0.39 is 0 Å². The lowest BCUT2D eigenvalue weighted by Crippen LogP contribution is -2.25. The molecule has 7 heteroatoms. The summed E-state index contributed by atoms with van der Waals surface area (Å²) >= 11 is 0. The van der Waals surface area contributed by atoms with Crippen molar-refractivity contribution in [2.24, 2.45) is 0 Å². The van der Waals surface area contributed by atoms with E-state index in [1.54, 1.807) is 30.3 Å². The minimum atomic E-state index is -0.271. The van der Waals surface area contributed by atoms with Gasteiger partial charge in [0, 0.05) is 12.1 Å². The Morgan fingerprint density at radius 2 is 2.00 bits per heavy atom. The zero-order chi connectivity index (χ0) is 16.1. The number of halogens is 1. The van der Waals surface area contributed by atoms with Crippen LogP contribution in [0.5, 0.6) is 0 Å². The van der Waals surface area contributed by atoms with E-state index in [2.05, 4.69) is 20.8 Å².